The van der Waals surface area contributed by atoms with Crippen LogP contribution in [0.2, 0.25) is 5.02 Å². The number of hydrogen-bond donors (Lipinski definition) is 1. The molecule has 1 aliphatic rings. The lowest BCUT2D eigenvalue weighted by Gasteiger charge is -2.30. The van der Waals surface area contributed by atoms with Gasteiger partial charge in [0.05, 0.1) is 4.90 Å². The van der Waals surface area contributed by atoms with Gasteiger partial charge in [-0.2, -0.15) is 4.31 Å². The van der Waals surface area contributed by atoms with Gasteiger partial charge in [0, 0.05) is 29.6 Å². The Kier molecular flexibility index (Phi) is 6.32. The van der Waals surface area contributed by atoms with E-state index in [1.807, 2.05) is 13.0 Å². The Hall–Kier alpha value is -2.75. The number of sulfonamides is 1. The molecule has 0 radical (unpaired) electrons. The van der Waals surface area contributed by atoms with E-state index >= 15 is 0 Å². The second kappa shape index (κ2) is 9.01. The summed E-state index contributed by atoms with van der Waals surface area (Å²) >= 11 is 5.88. The van der Waals surface area contributed by atoms with Crippen LogP contribution in [-0.4, -0.2) is 41.9 Å². The van der Waals surface area contributed by atoms with Gasteiger partial charge >= 0.3 is 6.01 Å². The van der Waals surface area contributed by atoms with Crippen molar-refractivity contribution in [2.75, 3.05) is 18.4 Å². The summed E-state index contributed by atoms with van der Waals surface area (Å²) in [6.45, 7) is 4.26. The van der Waals surface area contributed by atoms with E-state index in [9.17, 15) is 13.2 Å². The molecule has 0 saturated carbocycles. The third-order valence-corrected chi connectivity index (χ3v) is 7.83. The first-order chi connectivity index (χ1) is 15.2. The van der Waals surface area contributed by atoms with Crippen LogP contribution in [0.1, 0.15) is 24.0 Å². The Morgan fingerprint density at radius 2 is 1.78 bits per heavy atom. The first-order valence-electron chi connectivity index (χ1n) is 10.2. The zero-order chi connectivity index (χ0) is 22.9. The standard InChI is InChI=1S/C22H23ClN4O4S/c1-14-3-8-19(15(2)13-14)32(29,30)27-11-9-16(10-12-27)20(28)24-22-26-25-21(31-22)17-4-6-18(23)7-5-17/h3-8,13,16H,9-12H2,1-2H3,(H,24,26,28). The normalized spacial score (nSPS) is 15.6. The Labute approximate surface area is 191 Å². The number of carbonyl (C=O) groups is 1. The molecule has 0 spiro atoms. The molecule has 10 heteroatoms. The van der Waals surface area contributed by atoms with Gasteiger partial charge in [0.1, 0.15) is 0 Å². The Morgan fingerprint density at radius 3 is 2.44 bits per heavy atom. The summed E-state index contributed by atoms with van der Waals surface area (Å²) in [5.74, 6) is -0.335. The molecule has 8 nitrogen and oxygen atoms in total. The van der Waals surface area contributed by atoms with Gasteiger partial charge in [0.15, 0.2) is 0 Å². The number of nitrogens with one attached hydrogen (secondary N) is 1. The molecule has 1 aliphatic heterocycles. The molecule has 1 fully saturated rings. The van der Waals surface area contributed by atoms with Crippen molar-refractivity contribution in [1.82, 2.24) is 14.5 Å². The fraction of sp³-hybridized carbons (Fsp3) is 0.318. The van der Waals surface area contributed by atoms with Gasteiger partial charge in [-0.1, -0.05) is 34.4 Å². The molecule has 1 N–H and O–H groups in total. The van der Waals surface area contributed by atoms with Crippen LogP contribution in [0, 0.1) is 19.8 Å². The number of hydrogen-bond acceptors (Lipinski definition) is 6. The molecule has 168 valence electrons. The SMILES string of the molecule is Cc1ccc(S(=O)(=O)N2CCC(C(=O)Nc3nnc(-c4ccc(Cl)cc4)o3)CC2)c(C)c1. The highest BCUT2D eigenvalue weighted by Crippen LogP contribution is 2.27. The van der Waals surface area contributed by atoms with Crippen LogP contribution >= 0.6 is 11.6 Å². The minimum Gasteiger partial charge on any atom is -0.403 e. The predicted octanol–water partition coefficient (Wildman–Crippen LogP) is 4.05. The molecule has 3 aromatic rings. The van der Waals surface area contributed by atoms with Crippen molar-refractivity contribution < 1.29 is 17.6 Å². The fourth-order valence-electron chi connectivity index (χ4n) is 3.78. The maximum Gasteiger partial charge on any atom is 0.322 e. The first-order valence-corrected chi connectivity index (χ1v) is 12.0. The molecule has 1 amide bonds. The second-order valence-corrected chi connectivity index (χ2v) is 10.2. The van der Waals surface area contributed by atoms with Crippen LogP contribution < -0.4 is 5.32 Å². The fourth-order valence-corrected chi connectivity index (χ4v) is 5.58. The highest BCUT2D eigenvalue weighted by molar-refractivity contribution is 7.89. The quantitative estimate of drug-likeness (QED) is 0.598. The third-order valence-electron chi connectivity index (χ3n) is 5.52. The molecule has 2 aromatic carbocycles. The number of benzene rings is 2. The van der Waals surface area contributed by atoms with Crippen molar-refractivity contribution in [2.24, 2.45) is 5.92 Å². The van der Waals surface area contributed by atoms with E-state index < -0.39 is 10.0 Å². The van der Waals surface area contributed by atoms with Crippen LogP contribution in [0.25, 0.3) is 11.5 Å². The summed E-state index contributed by atoms with van der Waals surface area (Å²) in [7, 11) is -3.60. The van der Waals surface area contributed by atoms with Crippen LogP contribution in [0.3, 0.4) is 0 Å². The van der Waals surface area contributed by atoms with Crippen molar-refractivity contribution >= 4 is 33.5 Å². The predicted molar refractivity (Wildman–Crippen MR) is 121 cm³/mol. The smallest absolute Gasteiger partial charge is 0.322 e. The number of amides is 1. The summed E-state index contributed by atoms with van der Waals surface area (Å²) in [5.41, 5.74) is 2.42. The summed E-state index contributed by atoms with van der Waals surface area (Å²) in [5, 5.41) is 11.0. The summed E-state index contributed by atoms with van der Waals surface area (Å²) in [4.78, 5) is 13.0. The third kappa shape index (κ3) is 4.69. The number of halogens is 1. The Bertz CT molecular complexity index is 1230. The van der Waals surface area contributed by atoms with Crippen LogP contribution in [0.5, 0.6) is 0 Å². The van der Waals surface area contributed by atoms with Crippen LogP contribution in [0.4, 0.5) is 6.01 Å². The number of piperidine rings is 1. The minimum atomic E-state index is -3.60. The van der Waals surface area contributed by atoms with Crippen molar-refractivity contribution in [1.29, 1.82) is 0 Å². The van der Waals surface area contributed by atoms with Crippen molar-refractivity contribution in [2.45, 2.75) is 31.6 Å². The molecule has 1 aromatic heterocycles. The van der Waals surface area contributed by atoms with E-state index in [1.165, 1.54) is 4.31 Å². The maximum absolute atomic E-state index is 13.0. The van der Waals surface area contributed by atoms with Gasteiger partial charge in [-0.05, 0) is 62.6 Å². The van der Waals surface area contributed by atoms with Crippen LogP contribution in [-0.2, 0) is 14.8 Å². The first kappa shape index (κ1) is 22.4. The van der Waals surface area contributed by atoms with Gasteiger partial charge in [-0.15, -0.1) is 5.10 Å². The zero-order valence-corrected chi connectivity index (χ0v) is 19.3. The van der Waals surface area contributed by atoms with E-state index in [4.69, 9.17) is 16.0 Å². The van der Waals surface area contributed by atoms with Crippen LogP contribution in [0.15, 0.2) is 51.8 Å². The molecular weight excluding hydrogens is 452 g/mol. The second-order valence-electron chi connectivity index (χ2n) is 7.86. The molecule has 1 saturated heterocycles. The highest BCUT2D eigenvalue weighted by atomic mass is 35.5. The zero-order valence-electron chi connectivity index (χ0n) is 17.7. The molecule has 0 atom stereocenters. The van der Waals surface area contributed by atoms with Crippen molar-refractivity contribution in [3.05, 3.63) is 58.6 Å². The lowest BCUT2D eigenvalue weighted by molar-refractivity contribution is -0.121. The Morgan fingerprint density at radius 1 is 1.09 bits per heavy atom. The van der Waals surface area contributed by atoms with Gasteiger partial charge in [-0.25, -0.2) is 8.42 Å². The monoisotopic (exact) mass is 474 g/mol. The molecule has 0 aliphatic carbocycles. The molecule has 2 heterocycles. The summed E-state index contributed by atoms with van der Waals surface area (Å²) in [6, 6.07) is 12.2. The minimum absolute atomic E-state index is 0.00489. The molecular formula is C22H23ClN4O4S. The number of anilines is 1. The summed E-state index contributed by atoms with van der Waals surface area (Å²) in [6.07, 6.45) is 0.822. The topological polar surface area (TPSA) is 105 Å². The van der Waals surface area contributed by atoms with E-state index in [2.05, 4.69) is 15.5 Å². The molecule has 4 rings (SSSR count). The Balaban J connectivity index is 1.37. The van der Waals surface area contributed by atoms with Gasteiger partial charge in [0.2, 0.25) is 21.8 Å². The van der Waals surface area contributed by atoms with E-state index in [0.29, 0.717) is 28.3 Å². The van der Waals surface area contributed by atoms with Gasteiger partial charge in [0.25, 0.3) is 0 Å². The van der Waals surface area contributed by atoms with E-state index in [1.54, 1.807) is 43.3 Å². The highest BCUT2D eigenvalue weighted by Gasteiger charge is 2.33. The number of aryl methyl sites for hydroxylation is 2. The number of nitrogens with zero attached hydrogens (tertiary/aromatic N) is 3. The molecule has 32 heavy (non-hydrogen) atoms. The average molecular weight is 475 g/mol. The van der Waals surface area contributed by atoms with Gasteiger partial charge in [-0.3, -0.25) is 10.1 Å². The number of rotatable bonds is 5. The van der Waals surface area contributed by atoms with Crippen molar-refractivity contribution in [3.8, 4) is 11.5 Å². The lowest BCUT2D eigenvalue weighted by Crippen LogP contribution is -2.41. The average Bonchev–Trinajstić information content (AvgIpc) is 3.22. The van der Waals surface area contributed by atoms with E-state index in [0.717, 1.165) is 11.1 Å². The number of aromatic nitrogens is 2. The van der Waals surface area contributed by atoms with E-state index in [-0.39, 0.29) is 36.8 Å². The molecule has 0 bridgehead atoms. The molecule has 0 unspecified atom stereocenters. The lowest BCUT2D eigenvalue weighted by atomic mass is 9.97. The van der Waals surface area contributed by atoms with Gasteiger partial charge < -0.3 is 4.42 Å². The van der Waals surface area contributed by atoms with Crippen molar-refractivity contribution in [3.63, 3.8) is 0 Å². The number of carbonyl (C=O) groups excluding carboxylic acids is 1. The summed E-state index contributed by atoms with van der Waals surface area (Å²) < 4.78 is 33.0. The largest absolute Gasteiger partial charge is 0.403 e. The maximum atomic E-state index is 13.0.